The molecule has 0 unspecified atom stereocenters. The van der Waals surface area contributed by atoms with Gasteiger partial charge in [-0.1, -0.05) is 18.6 Å². The van der Waals surface area contributed by atoms with Crippen LogP contribution in [-0.4, -0.2) is 19.3 Å². The maximum atomic E-state index is 12.2. The van der Waals surface area contributed by atoms with Gasteiger partial charge in [0.15, 0.2) is 0 Å². The Balaban J connectivity index is 1.51. The highest BCUT2D eigenvalue weighted by atomic mass is 32.2. The Morgan fingerprint density at radius 3 is 2.07 bits per heavy atom. The van der Waals surface area contributed by atoms with E-state index in [2.05, 4.69) is 10.0 Å². The van der Waals surface area contributed by atoms with Gasteiger partial charge in [0, 0.05) is 17.9 Å². The van der Waals surface area contributed by atoms with Crippen molar-refractivity contribution in [2.75, 3.05) is 10.0 Å². The van der Waals surface area contributed by atoms with Crippen molar-refractivity contribution in [1.82, 2.24) is 0 Å². The molecule has 0 atom stereocenters. The third kappa shape index (κ3) is 6.13. The minimum atomic E-state index is -3.41. The molecule has 1 aliphatic rings. The summed E-state index contributed by atoms with van der Waals surface area (Å²) in [5.41, 5.74) is 2.68. The van der Waals surface area contributed by atoms with Gasteiger partial charge in [-0.2, -0.15) is 0 Å². The van der Waals surface area contributed by atoms with E-state index in [9.17, 15) is 8.42 Å². The molecule has 0 radical (unpaired) electrons. The van der Waals surface area contributed by atoms with Gasteiger partial charge in [0.05, 0.1) is 10.9 Å². The fourth-order valence-electron chi connectivity index (χ4n) is 3.23. The van der Waals surface area contributed by atoms with Crippen molar-refractivity contribution in [1.29, 1.82) is 0 Å². The van der Waals surface area contributed by atoms with E-state index in [0.29, 0.717) is 18.3 Å². The highest BCUT2D eigenvalue weighted by Gasteiger charge is 2.28. The maximum Gasteiger partial charge on any atom is 0.237 e. The Labute approximate surface area is 174 Å². The molecule has 158 valence electrons. The Morgan fingerprint density at radius 1 is 0.897 bits per heavy atom. The predicted molar refractivity (Wildman–Crippen MR) is 120 cm³/mol. The number of hydrogen-bond acceptors (Lipinski definition) is 4. The lowest BCUT2D eigenvalue weighted by atomic mass is 9.98. The fraction of sp³-hybridized carbons (Fsp3) is 0.478. The molecule has 0 aromatic heterocycles. The minimum Gasteiger partial charge on any atom is -0.490 e. The number of rotatable bonds is 7. The van der Waals surface area contributed by atoms with E-state index in [-0.39, 0.29) is 0 Å². The number of anilines is 2. The molecule has 29 heavy (non-hydrogen) atoms. The summed E-state index contributed by atoms with van der Waals surface area (Å²) in [5.74, 6) is 0.929. The smallest absolute Gasteiger partial charge is 0.237 e. The molecule has 0 spiro atoms. The Kier molecular flexibility index (Phi) is 6.73. The second-order valence-corrected chi connectivity index (χ2v) is 11.1. The average molecular weight is 417 g/mol. The summed E-state index contributed by atoms with van der Waals surface area (Å²) in [6.45, 7) is 5.70. The second kappa shape index (κ2) is 9.08. The van der Waals surface area contributed by atoms with Gasteiger partial charge in [-0.15, -0.1) is 0 Å². The van der Waals surface area contributed by atoms with E-state index in [1.165, 1.54) is 19.3 Å². The van der Waals surface area contributed by atoms with Crippen LogP contribution in [0.4, 0.5) is 11.4 Å². The molecule has 3 rings (SSSR count). The van der Waals surface area contributed by atoms with Gasteiger partial charge in [0.25, 0.3) is 0 Å². The normalized spacial score (nSPS) is 15.7. The molecule has 0 amide bonds. The number of sulfonamides is 1. The highest BCUT2D eigenvalue weighted by Crippen LogP contribution is 2.25. The zero-order chi connectivity index (χ0) is 20.9. The highest BCUT2D eigenvalue weighted by molar-refractivity contribution is 7.94. The van der Waals surface area contributed by atoms with Crippen LogP contribution in [0.15, 0.2) is 48.5 Å². The van der Waals surface area contributed by atoms with E-state index in [1.807, 2.05) is 36.4 Å². The summed E-state index contributed by atoms with van der Waals surface area (Å²) in [5, 5.41) is 3.39. The van der Waals surface area contributed by atoms with Crippen LogP contribution in [0.3, 0.4) is 0 Å². The van der Waals surface area contributed by atoms with Crippen LogP contribution in [0.5, 0.6) is 5.75 Å². The van der Waals surface area contributed by atoms with Crippen molar-refractivity contribution in [2.45, 2.75) is 70.3 Å². The van der Waals surface area contributed by atoms with Crippen molar-refractivity contribution in [3.63, 3.8) is 0 Å². The van der Waals surface area contributed by atoms with Crippen LogP contribution in [-0.2, 0) is 16.6 Å². The van der Waals surface area contributed by atoms with Gasteiger partial charge >= 0.3 is 0 Å². The third-order valence-corrected chi connectivity index (χ3v) is 7.34. The second-order valence-electron chi connectivity index (χ2n) is 8.67. The van der Waals surface area contributed by atoms with Crippen LogP contribution >= 0.6 is 0 Å². The first-order valence-corrected chi connectivity index (χ1v) is 11.8. The van der Waals surface area contributed by atoms with Gasteiger partial charge < -0.3 is 10.1 Å². The molecule has 2 aromatic carbocycles. The maximum absolute atomic E-state index is 12.2. The van der Waals surface area contributed by atoms with Crippen LogP contribution in [0.1, 0.15) is 58.4 Å². The van der Waals surface area contributed by atoms with Crippen molar-refractivity contribution < 1.29 is 13.2 Å². The molecule has 1 aliphatic carbocycles. The molecule has 0 bridgehead atoms. The zero-order valence-corrected chi connectivity index (χ0v) is 18.4. The number of nitrogens with one attached hydrogen (secondary N) is 2. The summed E-state index contributed by atoms with van der Waals surface area (Å²) in [6, 6.07) is 15.5. The number of ether oxygens (including phenoxy) is 1. The number of hydrogen-bond donors (Lipinski definition) is 2. The standard InChI is InChI=1S/C23H32N2O3S/c1-23(2,3)29(26,27)25-20-11-9-18(10-12-20)17-24-19-13-15-22(16-14-19)28-21-7-5-4-6-8-21/h9-16,21,24-25H,4-8,17H2,1-3H3. The van der Waals surface area contributed by atoms with Gasteiger partial charge in [-0.05, 0) is 88.4 Å². The molecule has 0 heterocycles. The van der Waals surface area contributed by atoms with E-state index in [4.69, 9.17) is 4.74 Å². The molecular formula is C23H32N2O3S. The van der Waals surface area contributed by atoms with Crippen LogP contribution < -0.4 is 14.8 Å². The van der Waals surface area contributed by atoms with Gasteiger partial charge in [0.1, 0.15) is 5.75 Å². The molecule has 6 heteroatoms. The lowest BCUT2D eigenvalue weighted by molar-refractivity contribution is 0.155. The quantitative estimate of drug-likeness (QED) is 0.621. The molecule has 1 saturated carbocycles. The van der Waals surface area contributed by atoms with E-state index in [0.717, 1.165) is 29.8 Å². The topological polar surface area (TPSA) is 67.4 Å². The molecule has 0 saturated heterocycles. The van der Waals surface area contributed by atoms with Gasteiger partial charge in [-0.25, -0.2) is 8.42 Å². The summed E-state index contributed by atoms with van der Waals surface area (Å²) in [7, 11) is -3.41. The first-order chi connectivity index (χ1) is 13.7. The van der Waals surface area contributed by atoms with Crippen LogP contribution in [0.2, 0.25) is 0 Å². The van der Waals surface area contributed by atoms with E-state index >= 15 is 0 Å². The van der Waals surface area contributed by atoms with Crippen molar-refractivity contribution in [3.05, 3.63) is 54.1 Å². The molecule has 2 aromatic rings. The van der Waals surface area contributed by atoms with Crippen LogP contribution in [0.25, 0.3) is 0 Å². The molecule has 1 fully saturated rings. The summed E-state index contributed by atoms with van der Waals surface area (Å²) >= 11 is 0. The van der Waals surface area contributed by atoms with Crippen LogP contribution in [0, 0.1) is 0 Å². The average Bonchev–Trinajstić information content (AvgIpc) is 2.68. The lowest BCUT2D eigenvalue weighted by Gasteiger charge is -2.23. The van der Waals surface area contributed by atoms with E-state index in [1.54, 1.807) is 32.9 Å². The van der Waals surface area contributed by atoms with Crippen molar-refractivity contribution in [3.8, 4) is 5.75 Å². The van der Waals surface area contributed by atoms with Gasteiger partial charge in [-0.3, -0.25) is 4.72 Å². The SMILES string of the molecule is CC(C)(C)S(=O)(=O)Nc1ccc(CNc2ccc(OC3CCCCC3)cc2)cc1. The Hall–Kier alpha value is -2.21. The first kappa shape index (κ1) is 21.5. The number of benzene rings is 2. The largest absolute Gasteiger partial charge is 0.490 e. The van der Waals surface area contributed by atoms with Crippen molar-refractivity contribution in [2.24, 2.45) is 0 Å². The summed E-state index contributed by atoms with van der Waals surface area (Å²) in [6.07, 6.45) is 6.52. The molecule has 0 aliphatic heterocycles. The Bertz CT molecular complexity index is 879. The first-order valence-electron chi connectivity index (χ1n) is 10.3. The molecular weight excluding hydrogens is 384 g/mol. The lowest BCUT2D eigenvalue weighted by Crippen LogP contribution is -2.33. The predicted octanol–water partition coefficient (Wildman–Crippen LogP) is 5.55. The zero-order valence-electron chi connectivity index (χ0n) is 17.6. The minimum absolute atomic E-state index is 0.358. The van der Waals surface area contributed by atoms with E-state index < -0.39 is 14.8 Å². The summed E-state index contributed by atoms with van der Waals surface area (Å²) in [4.78, 5) is 0. The molecule has 5 nitrogen and oxygen atoms in total. The fourth-order valence-corrected chi connectivity index (χ4v) is 3.98. The Morgan fingerprint density at radius 2 is 1.48 bits per heavy atom. The van der Waals surface area contributed by atoms with Gasteiger partial charge in [0.2, 0.25) is 10.0 Å². The summed E-state index contributed by atoms with van der Waals surface area (Å²) < 4.78 is 32.3. The third-order valence-electron chi connectivity index (χ3n) is 5.22. The molecule has 2 N–H and O–H groups in total. The monoisotopic (exact) mass is 416 g/mol. The van der Waals surface area contributed by atoms with Crippen molar-refractivity contribution >= 4 is 21.4 Å².